The van der Waals surface area contributed by atoms with Gasteiger partial charge in [-0.05, 0) is 42.7 Å². The number of nitrogens with zero attached hydrogens (tertiary/aromatic N) is 5. The lowest BCUT2D eigenvalue weighted by Gasteiger charge is -2.37. The normalized spacial score (nSPS) is 17.1. The van der Waals surface area contributed by atoms with Gasteiger partial charge in [0, 0.05) is 37.1 Å². The van der Waals surface area contributed by atoms with E-state index >= 15 is 0 Å². The highest BCUT2D eigenvalue weighted by Crippen LogP contribution is 2.28. The molecule has 0 unspecified atom stereocenters. The number of pyridine rings is 1. The molecule has 2 aliphatic rings. The third kappa shape index (κ3) is 5.50. The first-order chi connectivity index (χ1) is 17.7. The first kappa shape index (κ1) is 24.9. The zero-order chi connectivity index (χ0) is 26.2. The molecule has 0 N–H and O–H groups in total. The molecule has 3 aromatic rings. The predicted molar refractivity (Wildman–Crippen MR) is 128 cm³/mol. The summed E-state index contributed by atoms with van der Waals surface area (Å²) in [5.74, 6) is -0.741. The molecule has 0 radical (unpaired) electrons. The van der Waals surface area contributed by atoms with Gasteiger partial charge in [-0.3, -0.25) is 19.1 Å². The summed E-state index contributed by atoms with van der Waals surface area (Å²) in [5, 5.41) is 5.11. The Morgan fingerprint density at radius 1 is 1.05 bits per heavy atom. The molecule has 1 aromatic carbocycles. The molecular weight excluding hydrogens is 487 g/mol. The molecule has 1 aliphatic carbocycles. The van der Waals surface area contributed by atoms with E-state index < -0.39 is 17.7 Å². The molecule has 2 aromatic heterocycles. The first-order valence-corrected chi connectivity index (χ1v) is 12.3. The summed E-state index contributed by atoms with van der Waals surface area (Å²) in [5.41, 5.74) is -0.153. The van der Waals surface area contributed by atoms with Crippen molar-refractivity contribution in [3.05, 3.63) is 59.5 Å². The third-order valence-corrected chi connectivity index (χ3v) is 6.98. The van der Waals surface area contributed by atoms with E-state index in [1.54, 1.807) is 29.3 Å². The molecule has 37 heavy (non-hydrogen) atoms. The number of amides is 2. The number of carbonyl (C=O) groups is 3. The van der Waals surface area contributed by atoms with Crippen molar-refractivity contribution in [3.8, 4) is 0 Å². The number of fused-ring (bicyclic) bond motifs is 1. The lowest BCUT2D eigenvalue weighted by molar-refractivity contribution is -0.147. The zero-order valence-electron chi connectivity index (χ0n) is 20.1. The Kier molecular flexibility index (Phi) is 6.70. The minimum absolute atomic E-state index is 0.0123. The number of alkyl halides is 3. The van der Waals surface area contributed by atoms with Gasteiger partial charge < -0.3 is 9.80 Å². The Bertz CT molecular complexity index is 1350. The molecule has 3 heterocycles. The van der Waals surface area contributed by atoms with E-state index in [4.69, 9.17) is 0 Å². The van der Waals surface area contributed by atoms with Crippen LogP contribution in [0.2, 0.25) is 0 Å². The van der Waals surface area contributed by atoms with E-state index in [2.05, 4.69) is 10.1 Å². The van der Waals surface area contributed by atoms with Crippen LogP contribution in [0.25, 0.3) is 10.9 Å². The average Bonchev–Trinajstić information content (AvgIpc) is 3.53. The van der Waals surface area contributed by atoms with Crippen molar-refractivity contribution in [2.75, 3.05) is 19.6 Å². The summed E-state index contributed by atoms with van der Waals surface area (Å²) in [6.45, 7) is 1.10. The van der Waals surface area contributed by atoms with Gasteiger partial charge in [0.2, 0.25) is 11.8 Å². The molecule has 1 aliphatic heterocycles. The van der Waals surface area contributed by atoms with Crippen LogP contribution in [0.3, 0.4) is 0 Å². The Hall–Kier alpha value is -3.76. The quantitative estimate of drug-likeness (QED) is 0.471. The second kappa shape index (κ2) is 9.95. The van der Waals surface area contributed by atoms with Gasteiger partial charge in [-0.15, -0.1) is 0 Å². The fraction of sp³-hybridized carbons (Fsp3) is 0.423. The maximum absolute atomic E-state index is 12.9. The molecule has 11 heteroatoms. The van der Waals surface area contributed by atoms with Gasteiger partial charge in [-0.2, -0.15) is 18.3 Å². The van der Waals surface area contributed by atoms with Gasteiger partial charge in [-0.1, -0.05) is 25.0 Å². The third-order valence-electron chi connectivity index (χ3n) is 6.98. The number of ketones is 1. The summed E-state index contributed by atoms with van der Waals surface area (Å²) in [7, 11) is 0. The van der Waals surface area contributed by atoms with E-state index in [1.165, 1.54) is 10.7 Å². The van der Waals surface area contributed by atoms with Crippen molar-refractivity contribution in [3.63, 3.8) is 0 Å². The number of Topliss-reactive ketones (excluding diaryl/α,β-unsaturated/α-hetero) is 1. The summed E-state index contributed by atoms with van der Waals surface area (Å²) in [6, 6.07) is 8.64. The zero-order valence-corrected chi connectivity index (χ0v) is 20.1. The minimum Gasteiger partial charge on any atom is -0.336 e. The fourth-order valence-corrected chi connectivity index (χ4v) is 5.08. The van der Waals surface area contributed by atoms with Gasteiger partial charge in [-0.25, -0.2) is 4.98 Å². The van der Waals surface area contributed by atoms with Crippen LogP contribution in [-0.2, 0) is 28.7 Å². The SMILES string of the molecule is O=C(Cc1ccc2nn(CC(=O)N3CCN(C4CCCC4)C(=O)C3)cc2c1)c1cccc(C(F)(F)F)n1. The topological polar surface area (TPSA) is 88.4 Å². The Labute approximate surface area is 211 Å². The van der Waals surface area contributed by atoms with Crippen LogP contribution in [0.5, 0.6) is 0 Å². The van der Waals surface area contributed by atoms with Crippen LogP contribution >= 0.6 is 0 Å². The maximum Gasteiger partial charge on any atom is 0.433 e. The number of piperazine rings is 1. The Balaban J connectivity index is 1.22. The van der Waals surface area contributed by atoms with Gasteiger partial charge >= 0.3 is 6.18 Å². The molecule has 2 fully saturated rings. The summed E-state index contributed by atoms with van der Waals surface area (Å²) < 4.78 is 40.2. The molecule has 0 spiro atoms. The smallest absolute Gasteiger partial charge is 0.336 e. The highest BCUT2D eigenvalue weighted by Gasteiger charge is 2.34. The van der Waals surface area contributed by atoms with Crippen LogP contribution < -0.4 is 0 Å². The van der Waals surface area contributed by atoms with Crippen molar-refractivity contribution < 1.29 is 27.6 Å². The second-order valence-electron chi connectivity index (χ2n) is 9.57. The lowest BCUT2D eigenvalue weighted by atomic mass is 10.0. The van der Waals surface area contributed by atoms with E-state index in [1.807, 2.05) is 4.90 Å². The molecule has 194 valence electrons. The summed E-state index contributed by atoms with van der Waals surface area (Å²) in [6.07, 6.45) is 1.28. The van der Waals surface area contributed by atoms with Gasteiger partial charge in [0.25, 0.3) is 0 Å². The van der Waals surface area contributed by atoms with E-state index in [-0.39, 0.29) is 37.0 Å². The molecule has 0 atom stereocenters. The summed E-state index contributed by atoms with van der Waals surface area (Å²) >= 11 is 0. The summed E-state index contributed by atoms with van der Waals surface area (Å²) in [4.78, 5) is 44.9. The predicted octanol–water partition coefficient (Wildman–Crippen LogP) is 3.49. The van der Waals surface area contributed by atoms with Crippen LogP contribution in [0.4, 0.5) is 13.2 Å². The molecule has 5 rings (SSSR count). The maximum atomic E-state index is 12.9. The molecule has 0 bridgehead atoms. The number of hydrogen-bond donors (Lipinski definition) is 0. The van der Waals surface area contributed by atoms with Crippen LogP contribution in [0.15, 0.2) is 42.6 Å². The van der Waals surface area contributed by atoms with Crippen LogP contribution in [0.1, 0.15) is 47.4 Å². The minimum atomic E-state index is -4.63. The number of hydrogen-bond acceptors (Lipinski definition) is 5. The van der Waals surface area contributed by atoms with E-state index in [9.17, 15) is 27.6 Å². The number of carbonyl (C=O) groups excluding carboxylic acids is 3. The lowest BCUT2D eigenvalue weighted by Crippen LogP contribution is -2.55. The number of benzene rings is 1. The van der Waals surface area contributed by atoms with Crippen LogP contribution in [-0.4, -0.2) is 67.8 Å². The van der Waals surface area contributed by atoms with Gasteiger partial charge in [0.15, 0.2) is 5.78 Å². The molecule has 1 saturated carbocycles. The van der Waals surface area contributed by atoms with Gasteiger partial charge in [0.1, 0.15) is 17.9 Å². The fourth-order valence-electron chi connectivity index (χ4n) is 5.08. The van der Waals surface area contributed by atoms with Crippen molar-refractivity contribution in [1.82, 2.24) is 24.6 Å². The highest BCUT2D eigenvalue weighted by molar-refractivity contribution is 5.96. The van der Waals surface area contributed by atoms with E-state index in [0.717, 1.165) is 37.8 Å². The van der Waals surface area contributed by atoms with Crippen LogP contribution in [0, 0.1) is 0 Å². The number of rotatable bonds is 6. The second-order valence-corrected chi connectivity index (χ2v) is 9.57. The average molecular weight is 514 g/mol. The Morgan fingerprint density at radius 2 is 1.84 bits per heavy atom. The van der Waals surface area contributed by atoms with Crippen molar-refractivity contribution in [1.29, 1.82) is 0 Å². The molecular formula is C26H26F3N5O3. The van der Waals surface area contributed by atoms with Crippen molar-refractivity contribution in [2.45, 2.75) is 50.9 Å². The molecule has 8 nitrogen and oxygen atoms in total. The van der Waals surface area contributed by atoms with E-state index in [0.29, 0.717) is 35.6 Å². The standard InChI is InChI=1S/C26H26F3N5O3/c27-26(28,29)23-7-3-6-21(30-23)22(35)13-17-8-9-20-18(12-17)14-33(31-20)16-24(36)32-10-11-34(25(37)15-32)19-4-1-2-5-19/h3,6-9,12,14,19H,1-2,4-5,10-11,13,15-16H2. The highest BCUT2D eigenvalue weighted by atomic mass is 19.4. The monoisotopic (exact) mass is 513 g/mol. The number of halogens is 3. The molecule has 2 amide bonds. The number of aromatic nitrogens is 3. The van der Waals surface area contributed by atoms with Crippen molar-refractivity contribution >= 4 is 28.5 Å². The molecule has 1 saturated heterocycles. The first-order valence-electron chi connectivity index (χ1n) is 12.3. The Morgan fingerprint density at radius 3 is 2.57 bits per heavy atom. The van der Waals surface area contributed by atoms with Gasteiger partial charge in [0.05, 0.1) is 12.1 Å². The van der Waals surface area contributed by atoms with Crippen molar-refractivity contribution in [2.24, 2.45) is 0 Å². The largest absolute Gasteiger partial charge is 0.433 e.